The highest BCUT2D eigenvalue weighted by Crippen LogP contribution is 2.23. The molecule has 0 atom stereocenters. The molecular weight excluding hydrogens is 318 g/mol. The standard InChI is InChI=1S/C15H15N3O4S/c1-3-7-22-14(21)13-10(2)16-15(23-13)17-12(20)8-18-6-4-5-11(18)9-19/h3-6,9H,1,7-8H2,2H3,(H,16,17,20). The molecule has 0 aromatic carbocycles. The zero-order valence-electron chi connectivity index (χ0n) is 12.4. The third-order valence-corrected chi connectivity index (χ3v) is 3.91. The lowest BCUT2D eigenvalue weighted by atomic mass is 10.4. The number of nitrogens with one attached hydrogen (secondary N) is 1. The average Bonchev–Trinajstić information content (AvgIpc) is 3.10. The number of carbonyl (C=O) groups is 3. The van der Waals surface area contributed by atoms with E-state index in [1.165, 1.54) is 10.6 Å². The van der Waals surface area contributed by atoms with Crippen LogP contribution in [0.5, 0.6) is 0 Å². The fourth-order valence-electron chi connectivity index (χ4n) is 1.83. The van der Waals surface area contributed by atoms with Crippen LogP contribution in [-0.4, -0.2) is 34.3 Å². The largest absolute Gasteiger partial charge is 0.457 e. The van der Waals surface area contributed by atoms with Crippen molar-refractivity contribution >= 4 is 34.6 Å². The third kappa shape index (κ3) is 4.13. The maximum Gasteiger partial charge on any atom is 0.350 e. The predicted octanol–water partition coefficient (Wildman–Crippen LogP) is 2.05. The molecule has 0 aliphatic heterocycles. The molecule has 7 nitrogen and oxygen atoms in total. The number of hydrogen-bond acceptors (Lipinski definition) is 6. The zero-order chi connectivity index (χ0) is 16.8. The summed E-state index contributed by atoms with van der Waals surface area (Å²) >= 11 is 1.04. The summed E-state index contributed by atoms with van der Waals surface area (Å²) in [5.74, 6) is -0.849. The minimum Gasteiger partial charge on any atom is -0.457 e. The van der Waals surface area contributed by atoms with E-state index in [9.17, 15) is 14.4 Å². The van der Waals surface area contributed by atoms with Gasteiger partial charge >= 0.3 is 5.97 Å². The zero-order valence-corrected chi connectivity index (χ0v) is 13.3. The van der Waals surface area contributed by atoms with E-state index in [1.807, 2.05) is 0 Å². The highest BCUT2D eigenvalue weighted by molar-refractivity contribution is 7.17. The van der Waals surface area contributed by atoms with Crippen molar-refractivity contribution < 1.29 is 19.1 Å². The number of hydrogen-bond donors (Lipinski definition) is 1. The van der Waals surface area contributed by atoms with E-state index < -0.39 is 5.97 Å². The van der Waals surface area contributed by atoms with Gasteiger partial charge in [-0.05, 0) is 19.1 Å². The van der Waals surface area contributed by atoms with Crippen LogP contribution in [0, 0.1) is 6.92 Å². The Labute approximate surface area is 136 Å². The molecule has 0 saturated heterocycles. The minimum absolute atomic E-state index is 0.0179. The van der Waals surface area contributed by atoms with Crippen molar-refractivity contribution in [2.45, 2.75) is 13.5 Å². The van der Waals surface area contributed by atoms with Crippen molar-refractivity contribution in [1.82, 2.24) is 9.55 Å². The molecule has 2 heterocycles. The SMILES string of the molecule is C=CCOC(=O)c1sc(NC(=O)Cn2cccc2C=O)nc1C. The van der Waals surface area contributed by atoms with Gasteiger partial charge in [0, 0.05) is 6.20 Å². The first kappa shape index (κ1) is 16.6. The maximum atomic E-state index is 12.0. The van der Waals surface area contributed by atoms with E-state index in [4.69, 9.17) is 4.74 Å². The van der Waals surface area contributed by atoms with E-state index in [0.717, 1.165) is 11.3 Å². The normalized spacial score (nSPS) is 10.1. The molecule has 2 rings (SSSR count). The van der Waals surface area contributed by atoms with Crippen molar-refractivity contribution in [2.75, 3.05) is 11.9 Å². The summed E-state index contributed by atoms with van der Waals surface area (Å²) in [5.41, 5.74) is 0.887. The molecule has 0 fully saturated rings. The van der Waals surface area contributed by atoms with Gasteiger partial charge in [0.25, 0.3) is 0 Å². The summed E-state index contributed by atoms with van der Waals surface area (Å²) in [6.07, 6.45) is 3.78. The summed E-state index contributed by atoms with van der Waals surface area (Å²) < 4.78 is 6.47. The van der Waals surface area contributed by atoms with Crippen molar-refractivity contribution in [1.29, 1.82) is 0 Å². The number of aldehydes is 1. The number of esters is 1. The van der Waals surface area contributed by atoms with Crippen LogP contribution in [0.15, 0.2) is 31.0 Å². The summed E-state index contributed by atoms with van der Waals surface area (Å²) in [7, 11) is 0. The number of aromatic nitrogens is 2. The number of nitrogens with zero attached hydrogens (tertiary/aromatic N) is 2. The monoisotopic (exact) mass is 333 g/mol. The van der Waals surface area contributed by atoms with Gasteiger partial charge in [0.05, 0.1) is 11.4 Å². The molecule has 0 saturated carbocycles. The smallest absolute Gasteiger partial charge is 0.350 e. The van der Waals surface area contributed by atoms with Gasteiger partial charge in [-0.15, -0.1) is 0 Å². The van der Waals surface area contributed by atoms with E-state index in [-0.39, 0.29) is 19.1 Å². The molecule has 0 bridgehead atoms. The quantitative estimate of drug-likeness (QED) is 0.476. The summed E-state index contributed by atoms with van der Waals surface area (Å²) in [6, 6.07) is 3.29. The van der Waals surface area contributed by atoms with Gasteiger partial charge in [0.15, 0.2) is 11.4 Å². The molecule has 0 aliphatic carbocycles. The average molecular weight is 333 g/mol. The fourth-order valence-corrected chi connectivity index (χ4v) is 2.71. The van der Waals surface area contributed by atoms with Gasteiger partial charge in [0.1, 0.15) is 18.0 Å². The minimum atomic E-state index is -0.506. The molecule has 23 heavy (non-hydrogen) atoms. The number of carbonyl (C=O) groups excluding carboxylic acids is 3. The Bertz CT molecular complexity index is 748. The van der Waals surface area contributed by atoms with Crippen LogP contribution in [0.4, 0.5) is 5.13 Å². The van der Waals surface area contributed by atoms with E-state index in [1.54, 1.807) is 25.3 Å². The molecule has 0 unspecified atom stereocenters. The number of thiazole rings is 1. The Morgan fingerprint density at radius 2 is 2.30 bits per heavy atom. The first-order valence-corrected chi connectivity index (χ1v) is 7.52. The van der Waals surface area contributed by atoms with Gasteiger partial charge < -0.3 is 14.6 Å². The topological polar surface area (TPSA) is 90.3 Å². The molecule has 120 valence electrons. The Morgan fingerprint density at radius 3 is 3.00 bits per heavy atom. The Balaban J connectivity index is 2.03. The Morgan fingerprint density at radius 1 is 1.52 bits per heavy atom. The van der Waals surface area contributed by atoms with Crippen molar-refractivity contribution in [3.63, 3.8) is 0 Å². The molecule has 0 radical (unpaired) electrons. The summed E-state index contributed by atoms with van der Waals surface area (Å²) in [6.45, 7) is 5.22. The van der Waals surface area contributed by atoms with Gasteiger partial charge in [0.2, 0.25) is 5.91 Å². The number of anilines is 1. The van der Waals surface area contributed by atoms with Crippen LogP contribution in [0.3, 0.4) is 0 Å². The number of ether oxygens (including phenoxy) is 1. The molecular formula is C15H15N3O4S. The van der Waals surface area contributed by atoms with E-state index in [0.29, 0.717) is 27.7 Å². The first-order chi connectivity index (χ1) is 11.0. The number of amides is 1. The van der Waals surface area contributed by atoms with Gasteiger partial charge in [-0.25, -0.2) is 9.78 Å². The van der Waals surface area contributed by atoms with Crippen LogP contribution >= 0.6 is 11.3 Å². The van der Waals surface area contributed by atoms with Crippen LogP contribution in [0.2, 0.25) is 0 Å². The molecule has 2 aromatic heterocycles. The molecule has 0 spiro atoms. The Kier molecular flexibility index (Phi) is 5.42. The lowest BCUT2D eigenvalue weighted by molar-refractivity contribution is -0.116. The van der Waals surface area contributed by atoms with Crippen LogP contribution < -0.4 is 5.32 Å². The fraction of sp³-hybridized carbons (Fsp3) is 0.200. The van der Waals surface area contributed by atoms with E-state index in [2.05, 4.69) is 16.9 Å². The second-order valence-corrected chi connectivity index (χ2v) is 5.55. The highest BCUT2D eigenvalue weighted by Gasteiger charge is 2.17. The number of aryl methyl sites for hydroxylation is 1. The van der Waals surface area contributed by atoms with Gasteiger partial charge in [-0.3, -0.25) is 9.59 Å². The van der Waals surface area contributed by atoms with Crippen molar-refractivity contribution in [2.24, 2.45) is 0 Å². The lowest BCUT2D eigenvalue weighted by Crippen LogP contribution is -2.19. The first-order valence-electron chi connectivity index (χ1n) is 6.70. The second kappa shape index (κ2) is 7.50. The number of rotatable bonds is 7. The van der Waals surface area contributed by atoms with Gasteiger partial charge in [-0.1, -0.05) is 24.0 Å². The molecule has 1 amide bonds. The second-order valence-electron chi connectivity index (χ2n) is 4.55. The maximum absolute atomic E-state index is 12.0. The molecule has 8 heteroatoms. The van der Waals surface area contributed by atoms with Crippen molar-refractivity contribution in [3.05, 3.63) is 47.2 Å². The Hall–Kier alpha value is -2.74. The van der Waals surface area contributed by atoms with Crippen LogP contribution in [0.25, 0.3) is 0 Å². The lowest BCUT2D eigenvalue weighted by Gasteiger charge is -2.04. The molecule has 1 N–H and O–H groups in total. The predicted molar refractivity (Wildman–Crippen MR) is 85.8 cm³/mol. The molecule has 2 aromatic rings. The van der Waals surface area contributed by atoms with Gasteiger partial charge in [-0.2, -0.15) is 0 Å². The third-order valence-electron chi connectivity index (χ3n) is 2.86. The van der Waals surface area contributed by atoms with Crippen LogP contribution in [0.1, 0.15) is 25.9 Å². The summed E-state index contributed by atoms with van der Waals surface area (Å²) in [5, 5.41) is 2.91. The van der Waals surface area contributed by atoms with E-state index >= 15 is 0 Å². The van der Waals surface area contributed by atoms with Crippen molar-refractivity contribution in [3.8, 4) is 0 Å². The highest BCUT2D eigenvalue weighted by atomic mass is 32.1. The summed E-state index contributed by atoms with van der Waals surface area (Å²) in [4.78, 5) is 39.1. The van der Waals surface area contributed by atoms with Crippen LogP contribution in [-0.2, 0) is 16.1 Å². The molecule has 0 aliphatic rings.